The molecule has 2 atom stereocenters. The van der Waals surface area contributed by atoms with Crippen molar-refractivity contribution in [2.45, 2.75) is 19.3 Å². The summed E-state index contributed by atoms with van der Waals surface area (Å²) in [4.78, 5) is 11.4. The average molecular weight is 445 g/mol. The van der Waals surface area contributed by atoms with Crippen molar-refractivity contribution >= 4 is 16.9 Å². The Morgan fingerprint density at radius 3 is 2.45 bits per heavy atom. The highest BCUT2D eigenvalue weighted by Crippen LogP contribution is 2.46. The third-order valence-corrected chi connectivity index (χ3v) is 6.62. The van der Waals surface area contributed by atoms with E-state index >= 15 is 0 Å². The molecule has 5 rings (SSSR count). The number of carboxylic acid groups (broad SMARTS) is 1. The summed E-state index contributed by atoms with van der Waals surface area (Å²) in [5, 5.41) is 21.0. The average Bonchev–Trinajstić information content (AvgIpc) is 3.47. The van der Waals surface area contributed by atoms with Crippen LogP contribution in [0.3, 0.4) is 0 Å². The van der Waals surface area contributed by atoms with Crippen LogP contribution in [0, 0.1) is 11.7 Å². The molecule has 1 aromatic heterocycles. The second-order valence-corrected chi connectivity index (χ2v) is 8.54. The van der Waals surface area contributed by atoms with E-state index in [4.69, 9.17) is 4.74 Å². The summed E-state index contributed by atoms with van der Waals surface area (Å²) in [6.07, 6.45) is 0.926. The molecule has 0 spiro atoms. The van der Waals surface area contributed by atoms with Crippen molar-refractivity contribution in [1.29, 1.82) is 0 Å². The van der Waals surface area contributed by atoms with E-state index in [-0.39, 0.29) is 29.0 Å². The van der Waals surface area contributed by atoms with E-state index in [0.29, 0.717) is 18.6 Å². The maximum absolute atomic E-state index is 13.7. The van der Waals surface area contributed by atoms with Crippen molar-refractivity contribution in [2.24, 2.45) is 5.92 Å². The molecule has 1 fully saturated rings. The number of fused-ring (bicyclic) bond motifs is 1. The van der Waals surface area contributed by atoms with Gasteiger partial charge >= 0.3 is 5.97 Å². The summed E-state index contributed by atoms with van der Waals surface area (Å²) in [6.45, 7) is 3.51. The third-order valence-electron chi connectivity index (χ3n) is 6.62. The van der Waals surface area contributed by atoms with E-state index in [1.54, 1.807) is 48.5 Å². The summed E-state index contributed by atoms with van der Waals surface area (Å²) in [5.74, 6) is -0.816. The molecule has 4 aromatic rings. The van der Waals surface area contributed by atoms with Gasteiger partial charge in [0.25, 0.3) is 0 Å². The van der Waals surface area contributed by atoms with Gasteiger partial charge in [0, 0.05) is 34.9 Å². The van der Waals surface area contributed by atoms with E-state index in [0.717, 1.165) is 34.4 Å². The summed E-state index contributed by atoms with van der Waals surface area (Å²) in [7, 11) is 0. The summed E-state index contributed by atoms with van der Waals surface area (Å²) >= 11 is 0. The number of aromatic hydroxyl groups is 1. The van der Waals surface area contributed by atoms with E-state index in [1.807, 2.05) is 6.07 Å². The van der Waals surface area contributed by atoms with Gasteiger partial charge in [-0.2, -0.15) is 0 Å². The van der Waals surface area contributed by atoms with Gasteiger partial charge in [-0.15, -0.1) is 0 Å². The molecule has 0 amide bonds. The highest BCUT2D eigenvalue weighted by atomic mass is 19.1. The fourth-order valence-corrected chi connectivity index (χ4v) is 4.88. The van der Waals surface area contributed by atoms with E-state index in [1.165, 1.54) is 12.1 Å². The second-order valence-electron chi connectivity index (χ2n) is 8.54. The van der Waals surface area contributed by atoms with Crippen LogP contribution in [0.5, 0.6) is 5.75 Å². The zero-order chi connectivity index (χ0) is 23.1. The van der Waals surface area contributed by atoms with Crippen molar-refractivity contribution < 1.29 is 24.1 Å². The number of carboxylic acids is 1. The van der Waals surface area contributed by atoms with Crippen LogP contribution in [0.2, 0.25) is 0 Å². The molecule has 5 nitrogen and oxygen atoms in total. The summed E-state index contributed by atoms with van der Waals surface area (Å²) < 4.78 is 21.5. The normalized spacial score (nSPS) is 16.8. The SMILES string of the molecule is CC(c1c(-c2ccc(C(=O)O)cc2)c2c(O)cccc2n1-c1ccc(F)cc1)C1CCOC1. The van der Waals surface area contributed by atoms with Crippen molar-refractivity contribution in [3.63, 3.8) is 0 Å². The Morgan fingerprint density at radius 1 is 1.09 bits per heavy atom. The number of hydrogen-bond acceptors (Lipinski definition) is 3. The highest BCUT2D eigenvalue weighted by Gasteiger charge is 2.31. The standard InChI is InChI=1S/C27H24FNO4/c1-16(19-13-14-33-15-19)26-24(17-5-7-18(8-6-17)27(31)32)25-22(3-2-4-23(25)30)29(26)21-11-9-20(28)10-12-21/h2-12,16,19,30H,13-15H2,1H3,(H,31,32). The molecule has 3 aromatic carbocycles. The fraction of sp³-hybridized carbons (Fsp3) is 0.222. The minimum Gasteiger partial charge on any atom is -0.507 e. The number of rotatable bonds is 5. The number of aromatic nitrogens is 1. The number of hydrogen-bond donors (Lipinski definition) is 2. The van der Waals surface area contributed by atoms with E-state index in [9.17, 15) is 19.4 Å². The predicted molar refractivity (Wildman–Crippen MR) is 125 cm³/mol. The molecule has 2 heterocycles. The Labute approximate surface area is 190 Å². The summed E-state index contributed by atoms with van der Waals surface area (Å²) in [6, 6.07) is 18.4. The lowest BCUT2D eigenvalue weighted by molar-refractivity contribution is 0.0697. The van der Waals surface area contributed by atoms with Gasteiger partial charge in [-0.3, -0.25) is 0 Å². The van der Waals surface area contributed by atoms with Gasteiger partial charge in [-0.25, -0.2) is 9.18 Å². The molecule has 2 unspecified atom stereocenters. The minimum atomic E-state index is -0.991. The number of carbonyl (C=O) groups is 1. The molecule has 33 heavy (non-hydrogen) atoms. The molecule has 6 heteroatoms. The first-order valence-corrected chi connectivity index (χ1v) is 11.0. The van der Waals surface area contributed by atoms with Crippen LogP contribution in [-0.2, 0) is 4.74 Å². The summed E-state index contributed by atoms with van der Waals surface area (Å²) in [5.41, 5.74) is 4.44. The Morgan fingerprint density at radius 2 is 1.82 bits per heavy atom. The van der Waals surface area contributed by atoms with Crippen LogP contribution in [-0.4, -0.2) is 34.0 Å². The van der Waals surface area contributed by atoms with E-state index < -0.39 is 5.97 Å². The van der Waals surface area contributed by atoms with Crippen LogP contribution in [0.25, 0.3) is 27.7 Å². The molecule has 0 saturated carbocycles. The molecule has 1 aliphatic heterocycles. The Kier molecular flexibility index (Phi) is 5.38. The van der Waals surface area contributed by atoms with Gasteiger partial charge in [-0.05, 0) is 66.4 Å². The lowest BCUT2D eigenvalue weighted by Gasteiger charge is -2.23. The Hall–Kier alpha value is -3.64. The van der Waals surface area contributed by atoms with Crippen LogP contribution in [0.15, 0.2) is 66.7 Å². The molecular formula is C27H24FNO4. The molecular weight excluding hydrogens is 421 g/mol. The van der Waals surface area contributed by atoms with Crippen LogP contribution >= 0.6 is 0 Å². The maximum atomic E-state index is 13.7. The molecule has 0 radical (unpaired) electrons. The van der Waals surface area contributed by atoms with Crippen LogP contribution < -0.4 is 0 Å². The number of aromatic carboxylic acids is 1. The van der Waals surface area contributed by atoms with Gasteiger partial charge in [0.15, 0.2) is 0 Å². The first kappa shape index (κ1) is 21.2. The first-order valence-electron chi connectivity index (χ1n) is 11.0. The van der Waals surface area contributed by atoms with Gasteiger partial charge in [0.05, 0.1) is 17.7 Å². The van der Waals surface area contributed by atoms with Crippen molar-refractivity contribution in [1.82, 2.24) is 4.57 Å². The van der Waals surface area contributed by atoms with Crippen molar-refractivity contribution in [3.8, 4) is 22.6 Å². The van der Waals surface area contributed by atoms with Crippen molar-refractivity contribution in [3.05, 3.63) is 83.8 Å². The van der Waals surface area contributed by atoms with Crippen LogP contribution in [0.4, 0.5) is 4.39 Å². The minimum absolute atomic E-state index is 0.0681. The molecule has 0 aliphatic carbocycles. The van der Waals surface area contributed by atoms with Gasteiger partial charge in [0.2, 0.25) is 0 Å². The number of nitrogens with zero attached hydrogens (tertiary/aromatic N) is 1. The maximum Gasteiger partial charge on any atom is 0.335 e. The molecule has 0 bridgehead atoms. The molecule has 168 valence electrons. The predicted octanol–water partition coefficient (Wildman–Crippen LogP) is 5.98. The van der Waals surface area contributed by atoms with Gasteiger partial charge in [0.1, 0.15) is 11.6 Å². The Bertz CT molecular complexity index is 1320. The molecule has 1 saturated heterocycles. The number of phenolic OH excluding ortho intramolecular Hbond substituents is 1. The number of ether oxygens (including phenoxy) is 1. The monoisotopic (exact) mass is 445 g/mol. The van der Waals surface area contributed by atoms with Crippen molar-refractivity contribution in [2.75, 3.05) is 13.2 Å². The van der Waals surface area contributed by atoms with Gasteiger partial charge < -0.3 is 19.5 Å². The second kappa shape index (κ2) is 8.37. The van der Waals surface area contributed by atoms with Crippen LogP contribution in [0.1, 0.15) is 35.3 Å². The molecule has 1 aliphatic rings. The smallest absolute Gasteiger partial charge is 0.335 e. The topological polar surface area (TPSA) is 71.7 Å². The third kappa shape index (κ3) is 3.66. The van der Waals surface area contributed by atoms with Gasteiger partial charge in [-0.1, -0.05) is 25.1 Å². The largest absolute Gasteiger partial charge is 0.507 e. The number of phenols is 1. The first-order chi connectivity index (χ1) is 16.0. The highest BCUT2D eigenvalue weighted by molar-refractivity contribution is 6.03. The zero-order valence-corrected chi connectivity index (χ0v) is 18.2. The zero-order valence-electron chi connectivity index (χ0n) is 18.2. The fourth-order valence-electron chi connectivity index (χ4n) is 4.88. The molecule has 2 N–H and O–H groups in total. The Balaban J connectivity index is 1.85. The number of benzene rings is 3. The lowest BCUT2D eigenvalue weighted by atomic mass is 9.86. The lowest BCUT2D eigenvalue weighted by Crippen LogP contribution is -2.15. The quantitative estimate of drug-likeness (QED) is 0.396. The van der Waals surface area contributed by atoms with E-state index in [2.05, 4.69) is 11.5 Å². The number of halogens is 1.